The minimum atomic E-state index is -0.622. The van der Waals surface area contributed by atoms with Gasteiger partial charge in [-0.05, 0) is 47.2 Å². The van der Waals surface area contributed by atoms with Crippen molar-refractivity contribution in [3.8, 4) is 0 Å². The highest BCUT2D eigenvalue weighted by Crippen LogP contribution is 2.47. The number of Topliss-reactive ketones (excluding diaryl/α,β-unsaturated/α-hetero) is 1. The number of halogens is 2. The van der Waals surface area contributed by atoms with Gasteiger partial charge in [0.05, 0.1) is 5.56 Å². The van der Waals surface area contributed by atoms with Crippen LogP contribution in [-0.4, -0.2) is 15.8 Å². The molecule has 0 fully saturated rings. The zero-order valence-electron chi connectivity index (χ0n) is 18.7. The number of rotatable bonds is 4. The fourth-order valence-electron chi connectivity index (χ4n) is 4.68. The third-order valence-electron chi connectivity index (χ3n) is 6.19. The average Bonchev–Trinajstić information content (AvgIpc) is 2.77. The first-order chi connectivity index (χ1) is 16.2. The van der Waals surface area contributed by atoms with Gasteiger partial charge in [-0.15, -0.1) is 0 Å². The van der Waals surface area contributed by atoms with Crippen molar-refractivity contribution in [3.63, 3.8) is 0 Å². The van der Waals surface area contributed by atoms with E-state index in [0.29, 0.717) is 46.3 Å². The molecule has 34 heavy (non-hydrogen) atoms. The van der Waals surface area contributed by atoms with E-state index in [-0.39, 0.29) is 28.4 Å². The molecule has 0 saturated heterocycles. The number of ketones is 1. The topological polar surface area (TPSA) is 74.8 Å². The quantitative estimate of drug-likeness (QED) is 0.380. The number of hydrogen-bond donors (Lipinski definition) is 2. The third kappa shape index (κ3) is 4.30. The van der Waals surface area contributed by atoms with Gasteiger partial charge in [0, 0.05) is 29.4 Å². The Morgan fingerprint density at radius 2 is 1.65 bits per heavy atom. The lowest BCUT2D eigenvalue weighted by Gasteiger charge is -2.38. The molecule has 2 N–H and O–H groups in total. The van der Waals surface area contributed by atoms with E-state index in [4.69, 9.17) is 0 Å². The van der Waals surface area contributed by atoms with E-state index in [2.05, 4.69) is 15.3 Å². The van der Waals surface area contributed by atoms with Gasteiger partial charge in [-0.25, -0.2) is 13.8 Å². The summed E-state index contributed by atoms with van der Waals surface area (Å²) in [5.41, 5.74) is 2.65. The van der Waals surface area contributed by atoms with E-state index >= 15 is 0 Å². The Kier molecular flexibility index (Phi) is 5.64. The molecule has 0 bridgehead atoms. The largest absolute Gasteiger partial charge is 0.343 e. The molecule has 1 atom stereocenters. The third-order valence-corrected chi connectivity index (χ3v) is 7.14. The van der Waals surface area contributed by atoms with Crippen molar-refractivity contribution in [1.29, 1.82) is 0 Å². The number of aromatic amines is 1. The Morgan fingerprint density at radius 1 is 1.00 bits per heavy atom. The molecule has 5 nitrogen and oxygen atoms in total. The Hall–Kier alpha value is -3.26. The maximum absolute atomic E-state index is 13.6. The Labute approximate surface area is 199 Å². The second-order valence-corrected chi connectivity index (χ2v) is 10.5. The summed E-state index contributed by atoms with van der Waals surface area (Å²) >= 11 is 1.33. The number of carbonyl (C=O) groups excluding carboxylic acids is 1. The number of nitrogens with one attached hydrogen (secondary N) is 2. The molecule has 2 heterocycles. The van der Waals surface area contributed by atoms with Crippen molar-refractivity contribution in [3.05, 3.63) is 98.5 Å². The van der Waals surface area contributed by atoms with Gasteiger partial charge >= 0.3 is 0 Å². The predicted octanol–water partition coefficient (Wildman–Crippen LogP) is 5.54. The minimum absolute atomic E-state index is 0.0205. The summed E-state index contributed by atoms with van der Waals surface area (Å²) in [7, 11) is 0. The predicted molar refractivity (Wildman–Crippen MR) is 128 cm³/mol. The second-order valence-electron chi connectivity index (χ2n) is 9.49. The van der Waals surface area contributed by atoms with E-state index in [1.165, 1.54) is 36.0 Å². The van der Waals surface area contributed by atoms with Gasteiger partial charge in [0.15, 0.2) is 10.9 Å². The highest BCUT2D eigenvalue weighted by molar-refractivity contribution is 7.98. The van der Waals surface area contributed by atoms with E-state index in [9.17, 15) is 18.4 Å². The Balaban J connectivity index is 1.57. The maximum atomic E-state index is 13.6. The molecule has 3 aromatic rings. The van der Waals surface area contributed by atoms with Crippen molar-refractivity contribution in [2.75, 3.05) is 5.32 Å². The summed E-state index contributed by atoms with van der Waals surface area (Å²) in [5, 5.41) is 3.69. The number of anilines is 1. The standard InChI is InChI=1S/C26H23F2N3O2S/c1-26(2)11-18-21(19(32)12-26)20(15-5-9-17(28)10-6-15)22-23(29-18)30-25(31-24(22)33)34-13-14-3-7-16(27)8-4-14/h3-10,20H,11-13H2,1-2H3,(H2,29,30,31,33). The molecule has 5 rings (SSSR count). The number of thioether (sulfide) groups is 1. The summed E-state index contributed by atoms with van der Waals surface area (Å²) in [6.45, 7) is 4.07. The summed E-state index contributed by atoms with van der Waals surface area (Å²) in [5.74, 6) is -0.426. The van der Waals surface area contributed by atoms with E-state index < -0.39 is 5.92 Å². The summed E-state index contributed by atoms with van der Waals surface area (Å²) in [6.07, 6.45) is 1.01. The zero-order chi connectivity index (χ0) is 24.0. The summed E-state index contributed by atoms with van der Waals surface area (Å²) < 4.78 is 26.8. The number of fused-ring (bicyclic) bond motifs is 1. The molecule has 0 saturated carbocycles. The molecular formula is C26H23F2N3O2S. The van der Waals surface area contributed by atoms with Crippen LogP contribution in [-0.2, 0) is 10.5 Å². The van der Waals surface area contributed by atoms with Crippen molar-refractivity contribution in [2.45, 2.75) is 43.5 Å². The molecule has 2 aliphatic rings. The summed E-state index contributed by atoms with van der Waals surface area (Å²) in [4.78, 5) is 34.0. The van der Waals surface area contributed by atoms with Gasteiger partial charge < -0.3 is 10.3 Å². The van der Waals surface area contributed by atoms with Crippen molar-refractivity contribution >= 4 is 23.4 Å². The number of hydrogen-bond acceptors (Lipinski definition) is 5. The number of benzene rings is 2. The fourth-order valence-corrected chi connectivity index (χ4v) is 5.50. The van der Waals surface area contributed by atoms with Crippen molar-refractivity contribution in [2.24, 2.45) is 5.41 Å². The van der Waals surface area contributed by atoms with Crippen LogP contribution in [0.5, 0.6) is 0 Å². The second kappa shape index (κ2) is 8.51. The SMILES string of the molecule is CC1(C)CC(=O)C2=C(C1)Nc1nc(SCc3ccc(F)cc3)[nH]c(=O)c1C2c1ccc(F)cc1. The van der Waals surface area contributed by atoms with Gasteiger partial charge in [0.25, 0.3) is 5.56 Å². The molecule has 8 heteroatoms. The molecule has 174 valence electrons. The van der Waals surface area contributed by atoms with Crippen LogP contribution in [0, 0.1) is 17.0 Å². The van der Waals surface area contributed by atoms with Crippen LogP contribution in [0.15, 0.2) is 69.8 Å². The molecule has 1 aliphatic carbocycles. The van der Waals surface area contributed by atoms with Crippen LogP contribution in [0.3, 0.4) is 0 Å². The van der Waals surface area contributed by atoms with E-state index in [0.717, 1.165) is 11.3 Å². The number of H-pyrrole nitrogens is 1. The monoisotopic (exact) mass is 479 g/mol. The Bertz CT molecular complexity index is 1360. The normalized spacial score (nSPS) is 18.8. The first kappa shape index (κ1) is 22.5. The number of aromatic nitrogens is 2. The summed E-state index contributed by atoms with van der Waals surface area (Å²) in [6, 6.07) is 12.1. The smallest absolute Gasteiger partial charge is 0.257 e. The highest BCUT2D eigenvalue weighted by Gasteiger charge is 2.42. The van der Waals surface area contributed by atoms with Gasteiger partial charge in [0.2, 0.25) is 0 Å². The molecular weight excluding hydrogens is 456 g/mol. The first-order valence-corrected chi connectivity index (χ1v) is 12.0. The van der Waals surface area contributed by atoms with Crippen LogP contribution in [0.4, 0.5) is 14.6 Å². The highest BCUT2D eigenvalue weighted by atomic mass is 32.2. The number of nitrogens with zero attached hydrogens (tertiary/aromatic N) is 1. The lowest BCUT2D eigenvalue weighted by Crippen LogP contribution is -2.37. The van der Waals surface area contributed by atoms with Crippen molar-refractivity contribution in [1.82, 2.24) is 9.97 Å². The average molecular weight is 480 g/mol. The molecule has 0 amide bonds. The van der Waals surface area contributed by atoms with Gasteiger partial charge in [-0.2, -0.15) is 0 Å². The van der Waals surface area contributed by atoms with Crippen LogP contribution in [0.1, 0.15) is 49.3 Å². The fraction of sp³-hybridized carbons (Fsp3) is 0.269. The van der Waals surface area contributed by atoms with Crippen LogP contribution in [0.25, 0.3) is 0 Å². The lowest BCUT2D eigenvalue weighted by atomic mass is 9.69. The molecule has 2 aromatic carbocycles. The van der Waals surface area contributed by atoms with Gasteiger partial charge in [-0.3, -0.25) is 9.59 Å². The van der Waals surface area contributed by atoms with Crippen LogP contribution in [0.2, 0.25) is 0 Å². The first-order valence-electron chi connectivity index (χ1n) is 11.0. The zero-order valence-corrected chi connectivity index (χ0v) is 19.6. The number of allylic oxidation sites excluding steroid dienone is 2. The molecule has 0 spiro atoms. The minimum Gasteiger partial charge on any atom is -0.343 e. The lowest BCUT2D eigenvalue weighted by molar-refractivity contribution is -0.118. The molecule has 0 radical (unpaired) electrons. The molecule has 1 aliphatic heterocycles. The maximum Gasteiger partial charge on any atom is 0.257 e. The van der Waals surface area contributed by atoms with E-state index in [1.807, 2.05) is 13.8 Å². The van der Waals surface area contributed by atoms with Crippen LogP contribution < -0.4 is 10.9 Å². The Morgan fingerprint density at radius 3 is 2.32 bits per heavy atom. The molecule has 1 aromatic heterocycles. The molecule has 1 unspecified atom stereocenters. The van der Waals surface area contributed by atoms with E-state index in [1.54, 1.807) is 24.3 Å². The van der Waals surface area contributed by atoms with Gasteiger partial charge in [0.1, 0.15) is 17.5 Å². The van der Waals surface area contributed by atoms with Crippen molar-refractivity contribution < 1.29 is 13.6 Å². The number of carbonyl (C=O) groups is 1. The van der Waals surface area contributed by atoms with Gasteiger partial charge in [-0.1, -0.05) is 49.9 Å². The van der Waals surface area contributed by atoms with Crippen LogP contribution >= 0.6 is 11.8 Å².